The minimum absolute atomic E-state index is 0.0698. The Morgan fingerprint density at radius 3 is 2.81 bits per heavy atom. The van der Waals surface area contributed by atoms with Crippen LogP contribution in [0.1, 0.15) is 39.7 Å². The number of carbonyl (C=O) groups is 1. The van der Waals surface area contributed by atoms with Gasteiger partial charge in [0.2, 0.25) is 0 Å². The second-order valence-corrected chi connectivity index (χ2v) is 7.01. The largest absolute Gasteiger partial charge is 0.490 e. The molecule has 4 rings (SSSR count). The molecule has 0 saturated carbocycles. The molecule has 0 N–H and O–H groups in total. The number of esters is 1. The highest BCUT2D eigenvalue weighted by Crippen LogP contribution is 2.33. The predicted octanol–water partition coefficient (Wildman–Crippen LogP) is 4.64. The minimum Gasteiger partial charge on any atom is -0.490 e. The summed E-state index contributed by atoms with van der Waals surface area (Å²) < 4.78 is 16.5. The van der Waals surface area contributed by atoms with Crippen LogP contribution in [0.4, 0.5) is 0 Å². The van der Waals surface area contributed by atoms with Crippen molar-refractivity contribution in [3.8, 4) is 17.1 Å². The van der Waals surface area contributed by atoms with Crippen LogP contribution in [0.2, 0.25) is 0 Å². The van der Waals surface area contributed by atoms with Crippen molar-refractivity contribution < 1.29 is 18.8 Å². The van der Waals surface area contributed by atoms with Crippen molar-refractivity contribution in [2.75, 3.05) is 0 Å². The maximum absolute atomic E-state index is 12.2. The van der Waals surface area contributed by atoms with Gasteiger partial charge in [0.1, 0.15) is 24.2 Å². The molecule has 2 aromatic carbocycles. The van der Waals surface area contributed by atoms with E-state index in [9.17, 15) is 4.79 Å². The topological polar surface area (TPSA) is 61.6 Å². The number of aryl methyl sites for hydroxylation is 2. The molecule has 1 aliphatic rings. The van der Waals surface area contributed by atoms with Crippen LogP contribution < -0.4 is 4.74 Å². The van der Waals surface area contributed by atoms with Crippen LogP contribution in [0.15, 0.2) is 47.0 Å². The second-order valence-electron chi connectivity index (χ2n) is 7.01. The van der Waals surface area contributed by atoms with Crippen LogP contribution >= 0.6 is 0 Å². The number of hydrogen-bond donors (Lipinski definition) is 0. The fraction of sp³-hybridized carbons (Fsp3) is 0.273. The van der Waals surface area contributed by atoms with E-state index in [1.54, 1.807) is 12.1 Å². The zero-order chi connectivity index (χ0) is 19.0. The van der Waals surface area contributed by atoms with E-state index in [4.69, 9.17) is 14.0 Å². The minimum atomic E-state index is -0.369. The molecule has 1 aliphatic heterocycles. The molecule has 5 heteroatoms. The molecule has 3 aromatic rings. The molecule has 0 fully saturated rings. The Kier molecular flexibility index (Phi) is 4.44. The first-order valence-electron chi connectivity index (χ1n) is 8.99. The Morgan fingerprint density at radius 1 is 1.15 bits per heavy atom. The molecule has 1 aromatic heterocycles. The highest BCUT2D eigenvalue weighted by molar-refractivity contribution is 5.89. The number of fused-ring (bicyclic) bond motifs is 1. The van der Waals surface area contributed by atoms with Gasteiger partial charge in [0, 0.05) is 18.1 Å². The molecule has 0 aliphatic carbocycles. The third-order valence-electron chi connectivity index (χ3n) is 4.83. The first-order chi connectivity index (χ1) is 13.0. The van der Waals surface area contributed by atoms with Crippen LogP contribution in [0.5, 0.6) is 5.75 Å². The molecule has 0 spiro atoms. The van der Waals surface area contributed by atoms with Crippen LogP contribution in [0, 0.1) is 13.8 Å². The highest BCUT2D eigenvalue weighted by atomic mass is 16.5. The average Bonchev–Trinajstić information content (AvgIpc) is 3.26. The number of benzene rings is 2. The quantitative estimate of drug-likeness (QED) is 0.632. The SMILES string of the molecule is Cc1ccc(C(=O)OCc2cc(-c3ccc4c(c3)CC(C)O4)on2)cc1C. The van der Waals surface area contributed by atoms with Gasteiger partial charge in [0.05, 0.1) is 5.56 Å². The van der Waals surface area contributed by atoms with Crippen LogP contribution in [0.3, 0.4) is 0 Å². The molecule has 27 heavy (non-hydrogen) atoms. The molecule has 0 bridgehead atoms. The molecule has 0 saturated heterocycles. The molecule has 2 heterocycles. The van der Waals surface area contributed by atoms with E-state index in [2.05, 4.69) is 18.1 Å². The summed E-state index contributed by atoms with van der Waals surface area (Å²) in [7, 11) is 0. The summed E-state index contributed by atoms with van der Waals surface area (Å²) in [5.74, 6) is 1.20. The number of nitrogens with zero attached hydrogens (tertiary/aromatic N) is 1. The van der Waals surface area contributed by atoms with Crippen molar-refractivity contribution in [3.63, 3.8) is 0 Å². The number of hydrogen-bond acceptors (Lipinski definition) is 5. The van der Waals surface area contributed by atoms with Crippen molar-refractivity contribution in [1.29, 1.82) is 0 Å². The molecule has 5 nitrogen and oxygen atoms in total. The summed E-state index contributed by atoms with van der Waals surface area (Å²) in [4.78, 5) is 12.2. The fourth-order valence-electron chi connectivity index (χ4n) is 3.18. The van der Waals surface area contributed by atoms with Gasteiger partial charge in [-0.15, -0.1) is 0 Å². The lowest BCUT2D eigenvalue weighted by Crippen LogP contribution is -2.06. The summed E-state index contributed by atoms with van der Waals surface area (Å²) in [5, 5.41) is 4.01. The fourth-order valence-corrected chi connectivity index (χ4v) is 3.18. The van der Waals surface area contributed by atoms with Gasteiger partial charge >= 0.3 is 5.97 Å². The van der Waals surface area contributed by atoms with E-state index in [0.717, 1.165) is 28.9 Å². The Labute approximate surface area is 157 Å². The van der Waals surface area contributed by atoms with E-state index in [-0.39, 0.29) is 18.7 Å². The van der Waals surface area contributed by atoms with Crippen molar-refractivity contribution in [1.82, 2.24) is 5.16 Å². The Bertz CT molecular complexity index is 1010. The number of aromatic nitrogens is 1. The van der Waals surface area contributed by atoms with E-state index >= 15 is 0 Å². The smallest absolute Gasteiger partial charge is 0.338 e. The van der Waals surface area contributed by atoms with Gasteiger partial charge in [-0.2, -0.15) is 0 Å². The lowest BCUT2D eigenvalue weighted by Gasteiger charge is -2.05. The first kappa shape index (κ1) is 17.3. The van der Waals surface area contributed by atoms with E-state index in [1.807, 2.05) is 38.1 Å². The summed E-state index contributed by atoms with van der Waals surface area (Å²) in [6.45, 7) is 6.10. The van der Waals surface area contributed by atoms with Gasteiger partial charge < -0.3 is 14.0 Å². The van der Waals surface area contributed by atoms with Gasteiger partial charge in [0.15, 0.2) is 5.76 Å². The van der Waals surface area contributed by atoms with E-state index in [1.165, 1.54) is 5.56 Å². The lowest BCUT2D eigenvalue weighted by atomic mass is 10.1. The van der Waals surface area contributed by atoms with Crippen LogP contribution in [-0.2, 0) is 17.8 Å². The van der Waals surface area contributed by atoms with Crippen molar-refractivity contribution in [2.24, 2.45) is 0 Å². The summed E-state index contributed by atoms with van der Waals surface area (Å²) in [6, 6.07) is 13.3. The normalized spacial score (nSPS) is 15.3. The molecule has 138 valence electrons. The summed E-state index contributed by atoms with van der Waals surface area (Å²) >= 11 is 0. The van der Waals surface area contributed by atoms with Crippen LogP contribution in [-0.4, -0.2) is 17.2 Å². The summed E-state index contributed by atoms with van der Waals surface area (Å²) in [6.07, 6.45) is 1.09. The predicted molar refractivity (Wildman–Crippen MR) is 101 cm³/mol. The van der Waals surface area contributed by atoms with Crippen molar-refractivity contribution >= 4 is 5.97 Å². The zero-order valence-corrected chi connectivity index (χ0v) is 15.6. The maximum atomic E-state index is 12.2. The third-order valence-corrected chi connectivity index (χ3v) is 4.83. The van der Waals surface area contributed by atoms with Gasteiger partial charge in [-0.05, 0) is 67.8 Å². The standard InChI is InChI=1S/C22H21NO4/c1-13-4-5-17(8-14(13)2)22(24)25-12-19-11-21(27-23-19)16-6-7-20-18(10-16)9-15(3)26-20/h4-8,10-11,15H,9,12H2,1-3H3. The van der Waals surface area contributed by atoms with Gasteiger partial charge in [-0.3, -0.25) is 0 Å². The van der Waals surface area contributed by atoms with Crippen molar-refractivity contribution in [2.45, 2.75) is 39.9 Å². The molecule has 1 atom stereocenters. The Hall–Kier alpha value is -3.08. The second kappa shape index (κ2) is 6.91. The molecule has 0 amide bonds. The maximum Gasteiger partial charge on any atom is 0.338 e. The summed E-state index contributed by atoms with van der Waals surface area (Å²) in [5.41, 5.74) is 5.41. The molecular formula is C22H21NO4. The number of ether oxygens (including phenoxy) is 2. The van der Waals surface area contributed by atoms with Crippen molar-refractivity contribution in [3.05, 3.63) is 70.4 Å². The Morgan fingerprint density at radius 2 is 2.00 bits per heavy atom. The van der Waals surface area contributed by atoms with E-state index < -0.39 is 0 Å². The van der Waals surface area contributed by atoms with Gasteiger partial charge in [-0.25, -0.2) is 4.79 Å². The monoisotopic (exact) mass is 363 g/mol. The van der Waals surface area contributed by atoms with Gasteiger partial charge in [0.25, 0.3) is 0 Å². The zero-order valence-electron chi connectivity index (χ0n) is 15.6. The lowest BCUT2D eigenvalue weighted by molar-refractivity contribution is 0.0464. The van der Waals surface area contributed by atoms with Gasteiger partial charge in [-0.1, -0.05) is 11.2 Å². The van der Waals surface area contributed by atoms with Crippen LogP contribution in [0.25, 0.3) is 11.3 Å². The number of carbonyl (C=O) groups excluding carboxylic acids is 1. The molecule has 0 radical (unpaired) electrons. The third kappa shape index (κ3) is 3.58. The highest BCUT2D eigenvalue weighted by Gasteiger charge is 2.20. The molecule has 1 unspecified atom stereocenters. The Balaban J connectivity index is 1.43. The average molecular weight is 363 g/mol. The van der Waals surface area contributed by atoms with E-state index in [0.29, 0.717) is 17.0 Å². The first-order valence-corrected chi connectivity index (χ1v) is 8.99. The molecular weight excluding hydrogens is 342 g/mol. The number of rotatable bonds is 4.